The lowest BCUT2D eigenvalue weighted by Gasteiger charge is -2.32. The van der Waals surface area contributed by atoms with Crippen LogP contribution in [0, 0.1) is 6.92 Å². The Hall–Kier alpha value is -1.83. The van der Waals surface area contributed by atoms with E-state index in [4.69, 9.17) is 4.74 Å². The van der Waals surface area contributed by atoms with Crippen molar-refractivity contribution in [2.45, 2.75) is 24.5 Å². The monoisotopic (exact) mass is 347 g/mol. The first-order valence-corrected chi connectivity index (χ1v) is 9.73. The number of benzene rings is 1. The molecule has 1 aliphatic rings. The summed E-state index contributed by atoms with van der Waals surface area (Å²) in [6.45, 7) is 4.86. The second-order valence-electron chi connectivity index (χ2n) is 6.07. The summed E-state index contributed by atoms with van der Waals surface area (Å²) in [6.07, 6.45) is 2.84. The number of hydrogen-bond donors (Lipinski definition) is 0. The number of sulfone groups is 1. The molecule has 1 aliphatic heterocycles. The Kier molecular flexibility index (Phi) is 4.93. The smallest absolute Gasteiger partial charge is 0.175 e. The minimum absolute atomic E-state index is 0.131. The normalized spacial score (nSPS) is 19.3. The molecule has 1 fully saturated rings. The van der Waals surface area contributed by atoms with Gasteiger partial charge in [0.2, 0.25) is 0 Å². The van der Waals surface area contributed by atoms with Gasteiger partial charge in [-0.3, -0.25) is 4.90 Å². The average Bonchev–Trinajstić information content (AvgIpc) is 2.55. The third-order valence-electron chi connectivity index (χ3n) is 4.01. The average molecular weight is 347 g/mol. The minimum Gasteiger partial charge on any atom is -0.368 e. The van der Waals surface area contributed by atoms with Gasteiger partial charge in [-0.05, 0) is 30.7 Å². The van der Waals surface area contributed by atoms with Crippen LogP contribution < -0.4 is 0 Å². The minimum atomic E-state index is -3.15. The first-order valence-electron chi connectivity index (χ1n) is 7.84. The molecule has 0 radical (unpaired) electrons. The van der Waals surface area contributed by atoms with Crippen molar-refractivity contribution in [3.05, 3.63) is 53.6 Å². The van der Waals surface area contributed by atoms with Crippen molar-refractivity contribution < 1.29 is 13.2 Å². The van der Waals surface area contributed by atoms with Gasteiger partial charge in [0.05, 0.1) is 11.5 Å². The molecule has 2 heterocycles. The molecule has 24 heavy (non-hydrogen) atoms. The first kappa shape index (κ1) is 17.0. The Morgan fingerprint density at radius 2 is 2.00 bits per heavy atom. The molecule has 6 nitrogen and oxygen atoms in total. The summed E-state index contributed by atoms with van der Waals surface area (Å²) in [5.74, 6) is 0.715. The van der Waals surface area contributed by atoms with Crippen LogP contribution in [0.25, 0.3) is 0 Å². The van der Waals surface area contributed by atoms with Crippen molar-refractivity contribution in [2.24, 2.45) is 0 Å². The summed E-state index contributed by atoms with van der Waals surface area (Å²) in [5, 5.41) is 0. The van der Waals surface area contributed by atoms with E-state index in [-0.39, 0.29) is 6.10 Å². The lowest BCUT2D eigenvalue weighted by Crippen LogP contribution is -2.38. The quantitative estimate of drug-likeness (QED) is 0.839. The summed E-state index contributed by atoms with van der Waals surface area (Å²) >= 11 is 0. The Bertz CT molecular complexity index is 806. The fraction of sp³-hybridized carbons (Fsp3) is 0.412. The molecule has 128 valence electrons. The van der Waals surface area contributed by atoms with Crippen molar-refractivity contribution in [1.29, 1.82) is 0 Å². The number of rotatable bonds is 4. The molecule has 0 spiro atoms. The first-order chi connectivity index (χ1) is 11.4. The van der Waals surface area contributed by atoms with Crippen LogP contribution in [0.2, 0.25) is 0 Å². The van der Waals surface area contributed by atoms with Crippen LogP contribution in [0.1, 0.15) is 23.2 Å². The highest BCUT2D eigenvalue weighted by molar-refractivity contribution is 7.90. The van der Waals surface area contributed by atoms with Crippen LogP contribution in [0.5, 0.6) is 0 Å². The van der Waals surface area contributed by atoms with Crippen molar-refractivity contribution in [1.82, 2.24) is 14.9 Å². The zero-order valence-electron chi connectivity index (χ0n) is 13.8. The van der Waals surface area contributed by atoms with Crippen LogP contribution in [0.3, 0.4) is 0 Å². The molecule has 1 atom stereocenters. The lowest BCUT2D eigenvalue weighted by atomic mass is 10.2. The van der Waals surface area contributed by atoms with E-state index in [2.05, 4.69) is 14.9 Å². The number of ether oxygens (including phenoxy) is 1. The predicted octanol–water partition coefficient (Wildman–Crippen LogP) is 1.76. The van der Waals surface area contributed by atoms with Gasteiger partial charge >= 0.3 is 0 Å². The third-order valence-corrected chi connectivity index (χ3v) is 5.14. The Morgan fingerprint density at radius 3 is 2.67 bits per heavy atom. The van der Waals surface area contributed by atoms with Gasteiger partial charge in [0.1, 0.15) is 6.10 Å². The number of aryl methyl sites for hydroxylation is 1. The molecule has 0 aliphatic carbocycles. The Labute approximate surface area is 142 Å². The summed E-state index contributed by atoms with van der Waals surface area (Å²) in [6, 6.07) is 8.92. The molecule has 1 saturated heterocycles. The molecule has 0 N–H and O–H groups in total. The van der Waals surface area contributed by atoms with E-state index in [1.54, 1.807) is 18.3 Å². The molecule has 7 heteroatoms. The maximum absolute atomic E-state index is 11.5. The molecule has 0 bridgehead atoms. The standard InChI is InChI=1S/C17H21N3O3S/c1-13-7-8-18-17(19-13)16-12-20(9-10-23-16)11-14-3-5-15(6-4-14)24(2,21)22/h3-8,16H,9-12H2,1-2H3. The van der Waals surface area contributed by atoms with Crippen molar-refractivity contribution >= 4 is 9.84 Å². The molecule has 1 aromatic heterocycles. The Morgan fingerprint density at radius 1 is 1.25 bits per heavy atom. The summed E-state index contributed by atoms with van der Waals surface area (Å²) in [4.78, 5) is 11.4. The van der Waals surface area contributed by atoms with E-state index < -0.39 is 9.84 Å². The second-order valence-corrected chi connectivity index (χ2v) is 8.08. The second kappa shape index (κ2) is 6.96. The van der Waals surface area contributed by atoms with Crippen molar-refractivity contribution in [2.75, 3.05) is 26.0 Å². The highest BCUT2D eigenvalue weighted by Crippen LogP contribution is 2.21. The predicted molar refractivity (Wildman–Crippen MR) is 90.3 cm³/mol. The lowest BCUT2D eigenvalue weighted by molar-refractivity contribution is -0.0373. The fourth-order valence-electron chi connectivity index (χ4n) is 2.73. The largest absolute Gasteiger partial charge is 0.368 e. The van der Waals surface area contributed by atoms with Crippen LogP contribution in [-0.2, 0) is 21.1 Å². The molecule has 1 unspecified atom stereocenters. The van der Waals surface area contributed by atoms with E-state index in [1.165, 1.54) is 6.26 Å². The summed E-state index contributed by atoms with van der Waals surface area (Å²) in [7, 11) is -3.15. The summed E-state index contributed by atoms with van der Waals surface area (Å²) in [5.41, 5.74) is 2.00. The molecular formula is C17H21N3O3S. The van der Waals surface area contributed by atoms with Gasteiger partial charge in [-0.2, -0.15) is 0 Å². The van der Waals surface area contributed by atoms with Gasteiger partial charge in [0, 0.05) is 37.8 Å². The number of hydrogen-bond acceptors (Lipinski definition) is 6. The molecule has 2 aromatic rings. The maximum Gasteiger partial charge on any atom is 0.175 e. The fourth-order valence-corrected chi connectivity index (χ4v) is 3.36. The van der Waals surface area contributed by atoms with E-state index in [0.717, 1.165) is 30.9 Å². The van der Waals surface area contributed by atoms with Crippen molar-refractivity contribution in [3.63, 3.8) is 0 Å². The molecular weight excluding hydrogens is 326 g/mol. The van der Waals surface area contributed by atoms with Gasteiger partial charge in [0.15, 0.2) is 15.7 Å². The Balaban J connectivity index is 1.67. The maximum atomic E-state index is 11.5. The van der Waals surface area contributed by atoms with Gasteiger partial charge in [0.25, 0.3) is 0 Å². The van der Waals surface area contributed by atoms with E-state index in [9.17, 15) is 8.42 Å². The van der Waals surface area contributed by atoms with E-state index in [0.29, 0.717) is 17.3 Å². The third kappa shape index (κ3) is 4.17. The van der Waals surface area contributed by atoms with Crippen LogP contribution in [-0.4, -0.2) is 49.2 Å². The van der Waals surface area contributed by atoms with Crippen LogP contribution in [0.15, 0.2) is 41.4 Å². The van der Waals surface area contributed by atoms with Gasteiger partial charge < -0.3 is 4.74 Å². The zero-order valence-corrected chi connectivity index (χ0v) is 14.7. The van der Waals surface area contributed by atoms with E-state index >= 15 is 0 Å². The summed E-state index contributed by atoms with van der Waals surface area (Å²) < 4.78 is 28.8. The number of nitrogens with zero attached hydrogens (tertiary/aromatic N) is 3. The zero-order chi connectivity index (χ0) is 17.2. The highest BCUT2D eigenvalue weighted by Gasteiger charge is 2.24. The highest BCUT2D eigenvalue weighted by atomic mass is 32.2. The topological polar surface area (TPSA) is 72.4 Å². The van der Waals surface area contributed by atoms with E-state index in [1.807, 2.05) is 25.1 Å². The SMILES string of the molecule is Cc1ccnc(C2CN(Cc3ccc(S(C)(=O)=O)cc3)CCO2)n1. The van der Waals surface area contributed by atoms with Crippen LogP contribution >= 0.6 is 0 Å². The van der Waals surface area contributed by atoms with Crippen molar-refractivity contribution in [3.8, 4) is 0 Å². The van der Waals surface area contributed by atoms with Crippen LogP contribution in [0.4, 0.5) is 0 Å². The molecule has 1 aromatic carbocycles. The van der Waals surface area contributed by atoms with Gasteiger partial charge in [-0.1, -0.05) is 12.1 Å². The van der Waals surface area contributed by atoms with Gasteiger partial charge in [-0.25, -0.2) is 18.4 Å². The molecule has 3 rings (SSSR count). The number of aromatic nitrogens is 2. The molecule has 0 saturated carbocycles. The van der Waals surface area contributed by atoms with Gasteiger partial charge in [-0.15, -0.1) is 0 Å². The number of morpholine rings is 1. The molecule has 0 amide bonds.